The number of aryl methyl sites for hydroxylation is 1. The molecular formula is C18H24IN5S. The first-order valence-electron chi connectivity index (χ1n) is 8.16. The molecule has 1 aromatic carbocycles. The summed E-state index contributed by atoms with van der Waals surface area (Å²) in [6, 6.07) is 12.5. The van der Waals surface area contributed by atoms with Crippen LogP contribution in [-0.2, 0) is 13.0 Å². The molecule has 2 N–H and O–H groups in total. The van der Waals surface area contributed by atoms with Crippen LogP contribution in [0.25, 0.3) is 11.0 Å². The van der Waals surface area contributed by atoms with Gasteiger partial charge in [0.15, 0.2) is 5.96 Å². The Morgan fingerprint density at radius 3 is 2.72 bits per heavy atom. The van der Waals surface area contributed by atoms with Gasteiger partial charge in [-0.3, -0.25) is 4.99 Å². The average Bonchev–Trinajstić information content (AvgIpc) is 3.21. The van der Waals surface area contributed by atoms with Crippen LogP contribution >= 0.6 is 35.3 Å². The number of thiophene rings is 1. The number of fused-ring (bicyclic) bond motifs is 1. The van der Waals surface area contributed by atoms with Gasteiger partial charge in [0.1, 0.15) is 5.82 Å². The number of aliphatic imine (C=N–C) groups is 1. The third kappa shape index (κ3) is 5.18. The van der Waals surface area contributed by atoms with Crippen LogP contribution < -0.4 is 10.6 Å². The van der Waals surface area contributed by atoms with E-state index in [1.807, 2.05) is 13.0 Å². The van der Waals surface area contributed by atoms with Crippen molar-refractivity contribution in [3.63, 3.8) is 0 Å². The fourth-order valence-electron chi connectivity index (χ4n) is 2.74. The second-order valence-corrected chi connectivity index (χ2v) is 6.59. The number of benzene rings is 1. The molecule has 7 heteroatoms. The van der Waals surface area contributed by atoms with Gasteiger partial charge in [-0.15, -0.1) is 35.3 Å². The summed E-state index contributed by atoms with van der Waals surface area (Å²) < 4.78 is 2.24. The normalized spacial score (nSPS) is 11.4. The number of halogens is 1. The molecule has 25 heavy (non-hydrogen) atoms. The summed E-state index contributed by atoms with van der Waals surface area (Å²) in [5.74, 6) is 1.88. The first kappa shape index (κ1) is 19.7. The minimum Gasteiger partial charge on any atom is -0.356 e. The van der Waals surface area contributed by atoms with E-state index in [4.69, 9.17) is 0 Å². The maximum atomic E-state index is 4.60. The third-order valence-corrected chi connectivity index (χ3v) is 4.88. The Morgan fingerprint density at radius 1 is 1.16 bits per heavy atom. The lowest BCUT2D eigenvalue weighted by Gasteiger charge is -2.13. The molecular weight excluding hydrogens is 445 g/mol. The van der Waals surface area contributed by atoms with Gasteiger partial charge in [-0.1, -0.05) is 18.2 Å². The number of hydrogen-bond acceptors (Lipinski definition) is 3. The molecule has 2 aromatic heterocycles. The predicted octanol–water partition coefficient (Wildman–Crippen LogP) is 3.43. The number of nitrogens with one attached hydrogen (secondary N) is 2. The van der Waals surface area contributed by atoms with Crippen molar-refractivity contribution in [2.24, 2.45) is 4.99 Å². The van der Waals surface area contributed by atoms with Crippen molar-refractivity contribution < 1.29 is 0 Å². The van der Waals surface area contributed by atoms with Crippen LogP contribution in [0, 0.1) is 6.92 Å². The van der Waals surface area contributed by atoms with Crippen molar-refractivity contribution in [3.8, 4) is 0 Å². The maximum absolute atomic E-state index is 4.60. The van der Waals surface area contributed by atoms with Gasteiger partial charge in [0.05, 0.1) is 11.0 Å². The zero-order chi connectivity index (χ0) is 16.8. The largest absolute Gasteiger partial charge is 0.356 e. The molecule has 0 bridgehead atoms. The van der Waals surface area contributed by atoms with Gasteiger partial charge in [0.25, 0.3) is 0 Å². The molecule has 0 aliphatic heterocycles. The van der Waals surface area contributed by atoms with E-state index in [-0.39, 0.29) is 24.0 Å². The highest BCUT2D eigenvalue weighted by molar-refractivity contribution is 14.0. The Hall–Kier alpha value is -1.61. The van der Waals surface area contributed by atoms with Crippen molar-refractivity contribution in [2.45, 2.75) is 19.9 Å². The molecule has 0 fully saturated rings. The van der Waals surface area contributed by atoms with E-state index < -0.39 is 0 Å². The Morgan fingerprint density at radius 2 is 1.96 bits per heavy atom. The summed E-state index contributed by atoms with van der Waals surface area (Å²) in [7, 11) is 1.80. The van der Waals surface area contributed by atoms with Crippen LogP contribution in [0.3, 0.4) is 0 Å². The zero-order valence-electron chi connectivity index (χ0n) is 14.5. The predicted molar refractivity (Wildman–Crippen MR) is 117 cm³/mol. The van der Waals surface area contributed by atoms with Crippen LogP contribution in [0.2, 0.25) is 0 Å². The highest BCUT2D eigenvalue weighted by Gasteiger charge is 2.06. The molecule has 5 nitrogen and oxygen atoms in total. The van der Waals surface area contributed by atoms with Gasteiger partial charge in [-0.25, -0.2) is 4.98 Å². The number of rotatable bonds is 6. The van der Waals surface area contributed by atoms with E-state index >= 15 is 0 Å². The number of hydrogen-bond donors (Lipinski definition) is 2. The molecule has 0 amide bonds. The summed E-state index contributed by atoms with van der Waals surface area (Å²) in [5, 5.41) is 8.84. The van der Waals surface area contributed by atoms with E-state index in [1.54, 1.807) is 18.4 Å². The number of para-hydroxylation sites is 2. The Kier molecular flexibility index (Phi) is 7.70. The quantitative estimate of drug-likeness (QED) is 0.331. The third-order valence-electron chi connectivity index (χ3n) is 3.94. The fourth-order valence-corrected chi connectivity index (χ4v) is 3.45. The zero-order valence-corrected chi connectivity index (χ0v) is 17.7. The smallest absolute Gasteiger partial charge is 0.191 e. The van der Waals surface area contributed by atoms with E-state index in [0.29, 0.717) is 0 Å². The number of nitrogens with zero attached hydrogens (tertiary/aromatic N) is 3. The molecule has 134 valence electrons. The van der Waals surface area contributed by atoms with Crippen LogP contribution in [-0.4, -0.2) is 35.6 Å². The Bertz CT molecular complexity index is 810. The second-order valence-electron chi connectivity index (χ2n) is 5.55. The first-order chi connectivity index (χ1) is 11.8. The number of guanidine groups is 1. The monoisotopic (exact) mass is 469 g/mol. The molecule has 0 spiro atoms. The highest BCUT2D eigenvalue weighted by Crippen LogP contribution is 2.14. The SMILES string of the molecule is CN=C(NCCc1cccs1)NCCn1c(C)nc2ccccc21.I. The number of imidazole rings is 1. The van der Waals surface area contributed by atoms with E-state index in [1.165, 1.54) is 10.4 Å². The first-order valence-corrected chi connectivity index (χ1v) is 9.04. The van der Waals surface area contributed by atoms with E-state index in [0.717, 1.165) is 43.4 Å². The summed E-state index contributed by atoms with van der Waals surface area (Å²) in [4.78, 5) is 10.3. The minimum atomic E-state index is 0. The lowest BCUT2D eigenvalue weighted by molar-refractivity contribution is 0.660. The maximum Gasteiger partial charge on any atom is 0.191 e. The summed E-state index contributed by atoms with van der Waals surface area (Å²) in [5.41, 5.74) is 2.23. The summed E-state index contributed by atoms with van der Waals surface area (Å²) >= 11 is 1.79. The summed E-state index contributed by atoms with van der Waals surface area (Å²) in [6.07, 6.45) is 1.02. The second kappa shape index (κ2) is 9.76. The molecule has 0 aliphatic carbocycles. The van der Waals surface area contributed by atoms with Crippen molar-refractivity contribution in [1.29, 1.82) is 0 Å². The molecule has 0 saturated heterocycles. The molecule has 0 aliphatic rings. The van der Waals surface area contributed by atoms with Crippen LogP contribution in [0.5, 0.6) is 0 Å². The molecule has 3 rings (SSSR count). The molecule has 0 unspecified atom stereocenters. The highest BCUT2D eigenvalue weighted by atomic mass is 127. The Balaban J connectivity index is 0.00000225. The van der Waals surface area contributed by atoms with E-state index in [2.05, 4.69) is 60.9 Å². The lowest BCUT2D eigenvalue weighted by atomic mass is 10.3. The van der Waals surface area contributed by atoms with Gasteiger partial charge >= 0.3 is 0 Å². The van der Waals surface area contributed by atoms with Crippen molar-refractivity contribution in [3.05, 3.63) is 52.5 Å². The molecule has 0 saturated carbocycles. The van der Waals surface area contributed by atoms with Gasteiger partial charge < -0.3 is 15.2 Å². The van der Waals surface area contributed by atoms with Crippen molar-refractivity contribution in [2.75, 3.05) is 20.1 Å². The minimum absolute atomic E-state index is 0. The van der Waals surface area contributed by atoms with Crippen LogP contribution in [0.1, 0.15) is 10.7 Å². The summed E-state index contributed by atoms with van der Waals surface area (Å²) in [6.45, 7) is 4.60. The van der Waals surface area contributed by atoms with Gasteiger partial charge in [0.2, 0.25) is 0 Å². The van der Waals surface area contributed by atoms with Crippen molar-refractivity contribution >= 4 is 52.3 Å². The standard InChI is InChI=1S/C18H23N5S.HI/c1-14-22-16-7-3-4-8-17(16)23(14)12-11-21-18(19-2)20-10-9-15-6-5-13-24-15;/h3-8,13H,9-12H2,1-2H3,(H2,19,20,21);1H. The molecule has 0 atom stereocenters. The topological polar surface area (TPSA) is 54.2 Å². The number of aromatic nitrogens is 2. The molecule has 0 radical (unpaired) electrons. The Labute approximate surface area is 169 Å². The van der Waals surface area contributed by atoms with Gasteiger partial charge in [0, 0.05) is 31.6 Å². The van der Waals surface area contributed by atoms with Crippen molar-refractivity contribution in [1.82, 2.24) is 20.2 Å². The molecule has 3 aromatic rings. The lowest BCUT2D eigenvalue weighted by Crippen LogP contribution is -2.39. The van der Waals surface area contributed by atoms with Crippen LogP contribution in [0.15, 0.2) is 46.8 Å². The average molecular weight is 469 g/mol. The van der Waals surface area contributed by atoms with Gasteiger partial charge in [-0.2, -0.15) is 0 Å². The van der Waals surface area contributed by atoms with Gasteiger partial charge in [-0.05, 0) is 36.9 Å². The van der Waals surface area contributed by atoms with E-state index in [9.17, 15) is 0 Å². The van der Waals surface area contributed by atoms with Crippen LogP contribution in [0.4, 0.5) is 0 Å². The fraction of sp³-hybridized carbons (Fsp3) is 0.333. The molecule has 2 heterocycles.